The van der Waals surface area contributed by atoms with Crippen LogP contribution in [0, 0.1) is 0 Å². The number of carbonyl (C=O) groups is 2. The Kier molecular flexibility index (Phi) is 5.87. The summed E-state index contributed by atoms with van der Waals surface area (Å²) in [5.41, 5.74) is 1.99. The maximum atomic E-state index is 13.3. The largest absolute Gasteiger partial charge is 0.493 e. The van der Waals surface area contributed by atoms with Crippen LogP contribution in [-0.2, 0) is 4.74 Å². The molecule has 0 N–H and O–H groups in total. The molecule has 3 rings (SSSR count). The van der Waals surface area contributed by atoms with Gasteiger partial charge >= 0.3 is 6.09 Å². The number of amides is 1. The number of ether oxygens (including phenoxy) is 3. The topological polar surface area (TPSA) is 65.1 Å². The number of rotatable bonds is 5. The van der Waals surface area contributed by atoms with Gasteiger partial charge in [0.25, 0.3) is 0 Å². The van der Waals surface area contributed by atoms with Crippen LogP contribution < -0.4 is 14.4 Å². The molecule has 1 heterocycles. The van der Waals surface area contributed by atoms with Crippen molar-refractivity contribution in [1.29, 1.82) is 0 Å². The van der Waals surface area contributed by atoms with Gasteiger partial charge in [0.05, 0.1) is 32.4 Å². The number of benzene rings is 2. The number of nitrogens with zero attached hydrogens (tertiary/aromatic N) is 1. The lowest BCUT2D eigenvalue weighted by Crippen LogP contribution is -2.44. The normalized spacial score (nSPS) is 18.2. The van der Waals surface area contributed by atoms with Crippen LogP contribution in [0.15, 0.2) is 42.5 Å². The minimum absolute atomic E-state index is 0.0180. The fourth-order valence-electron chi connectivity index (χ4n) is 3.71. The highest BCUT2D eigenvalue weighted by molar-refractivity contribution is 6.04. The van der Waals surface area contributed by atoms with E-state index in [1.165, 1.54) is 7.11 Å². The molecule has 0 unspecified atom stereocenters. The molecule has 2 aromatic carbocycles. The van der Waals surface area contributed by atoms with Crippen LogP contribution in [0.2, 0.25) is 0 Å². The smallest absolute Gasteiger partial charge is 0.414 e. The van der Waals surface area contributed by atoms with Crippen LogP contribution >= 0.6 is 0 Å². The summed E-state index contributed by atoms with van der Waals surface area (Å²) in [7, 11) is 3.09. The van der Waals surface area contributed by atoms with E-state index in [4.69, 9.17) is 14.2 Å². The first-order valence-corrected chi connectivity index (χ1v) is 9.32. The number of hydrogen-bond acceptors (Lipinski definition) is 5. The lowest BCUT2D eigenvalue weighted by Gasteiger charge is -2.38. The molecule has 0 aliphatic carbocycles. The zero-order chi connectivity index (χ0) is 20.3. The zero-order valence-electron chi connectivity index (χ0n) is 16.6. The first-order valence-electron chi connectivity index (χ1n) is 9.32. The summed E-state index contributed by atoms with van der Waals surface area (Å²) in [5.74, 6) is 0.642. The van der Waals surface area contributed by atoms with Crippen LogP contribution in [0.25, 0.3) is 0 Å². The molecule has 2 aromatic rings. The Morgan fingerprint density at radius 3 is 2.32 bits per heavy atom. The quantitative estimate of drug-likeness (QED) is 0.715. The van der Waals surface area contributed by atoms with Crippen molar-refractivity contribution in [2.75, 3.05) is 25.7 Å². The fourth-order valence-corrected chi connectivity index (χ4v) is 3.71. The molecule has 0 saturated carbocycles. The van der Waals surface area contributed by atoms with Crippen LogP contribution in [-0.4, -0.2) is 38.7 Å². The number of anilines is 1. The fraction of sp³-hybridized carbons (Fsp3) is 0.364. The number of fused-ring (bicyclic) bond motifs is 1. The Balaban J connectivity index is 2.14. The van der Waals surface area contributed by atoms with Gasteiger partial charge in [-0.3, -0.25) is 9.69 Å². The minimum Gasteiger partial charge on any atom is -0.493 e. The number of carbonyl (C=O) groups excluding carboxylic acids is 2. The van der Waals surface area contributed by atoms with Crippen LogP contribution in [0.4, 0.5) is 10.5 Å². The molecule has 1 amide bonds. The van der Waals surface area contributed by atoms with Gasteiger partial charge in [-0.2, -0.15) is 0 Å². The van der Waals surface area contributed by atoms with E-state index >= 15 is 0 Å². The minimum atomic E-state index is -0.436. The Hall–Kier alpha value is -3.02. The van der Waals surface area contributed by atoms with Crippen molar-refractivity contribution in [1.82, 2.24) is 0 Å². The van der Waals surface area contributed by atoms with Crippen LogP contribution in [0.5, 0.6) is 11.5 Å². The zero-order valence-corrected chi connectivity index (χ0v) is 16.6. The van der Waals surface area contributed by atoms with Gasteiger partial charge in [0.15, 0.2) is 17.3 Å². The molecular formula is C22H25NO5. The second kappa shape index (κ2) is 8.33. The maximum absolute atomic E-state index is 13.3. The molecule has 148 valence electrons. The number of methoxy groups -OCH3 is 2. The van der Waals surface area contributed by atoms with E-state index in [1.807, 2.05) is 37.3 Å². The van der Waals surface area contributed by atoms with Gasteiger partial charge in [-0.1, -0.05) is 30.3 Å². The molecular weight excluding hydrogens is 358 g/mol. The van der Waals surface area contributed by atoms with E-state index in [-0.39, 0.29) is 18.4 Å². The van der Waals surface area contributed by atoms with Gasteiger partial charge in [0.2, 0.25) is 0 Å². The van der Waals surface area contributed by atoms with E-state index in [1.54, 1.807) is 31.1 Å². The highest BCUT2D eigenvalue weighted by Gasteiger charge is 2.39. The highest BCUT2D eigenvalue weighted by Crippen LogP contribution is 2.45. The molecule has 0 fully saturated rings. The Morgan fingerprint density at radius 1 is 1.07 bits per heavy atom. The van der Waals surface area contributed by atoms with Crippen molar-refractivity contribution >= 4 is 17.6 Å². The standard InChI is InChI=1S/C22H25NO5/c1-5-28-22(25)23-14(2)11-17(21(24)15-9-7-6-8-10-15)16-12-19(26-3)20(27-4)13-18(16)23/h6-10,12-14,17H,5,11H2,1-4H3/t14-,17-/m0/s1. The number of ketones is 1. The van der Waals surface area contributed by atoms with Gasteiger partial charge in [-0.15, -0.1) is 0 Å². The molecule has 0 saturated heterocycles. The average molecular weight is 383 g/mol. The summed E-state index contributed by atoms with van der Waals surface area (Å²) in [5, 5.41) is 0. The lowest BCUT2D eigenvalue weighted by atomic mass is 9.81. The SMILES string of the molecule is CCOC(=O)N1c2cc(OC)c(OC)cc2[C@@H](C(=O)c2ccccc2)C[C@@H]1C. The third-order valence-corrected chi connectivity index (χ3v) is 5.02. The monoisotopic (exact) mass is 383 g/mol. The summed E-state index contributed by atoms with van der Waals surface area (Å²) in [6.45, 7) is 3.96. The summed E-state index contributed by atoms with van der Waals surface area (Å²) >= 11 is 0. The molecule has 1 aliphatic rings. The van der Waals surface area contributed by atoms with Crippen molar-refractivity contribution in [3.63, 3.8) is 0 Å². The average Bonchev–Trinajstić information content (AvgIpc) is 2.72. The second-order valence-corrected chi connectivity index (χ2v) is 6.70. The molecule has 1 aliphatic heterocycles. The second-order valence-electron chi connectivity index (χ2n) is 6.70. The van der Waals surface area contributed by atoms with E-state index in [9.17, 15) is 9.59 Å². The van der Waals surface area contributed by atoms with Crippen molar-refractivity contribution in [3.8, 4) is 11.5 Å². The first-order chi connectivity index (χ1) is 13.5. The maximum Gasteiger partial charge on any atom is 0.414 e. The molecule has 28 heavy (non-hydrogen) atoms. The molecule has 0 spiro atoms. The van der Waals surface area contributed by atoms with Gasteiger partial charge in [-0.25, -0.2) is 4.79 Å². The summed E-state index contributed by atoms with van der Waals surface area (Å²) in [6.07, 6.45) is 0.0590. The van der Waals surface area contributed by atoms with E-state index in [2.05, 4.69) is 0 Å². The first kappa shape index (κ1) is 19.7. The number of hydrogen-bond donors (Lipinski definition) is 0. The van der Waals surface area contributed by atoms with Gasteiger partial charge in [0.1, 0.15) is 0 Å². The van der Waals surface area contributed by atoms with Crippen molar-refractivity contribution in [2.45, 2.75) is 32.2 Å². The van der Waals surface area contributed by atoms with Crippen LogP contribution in [0.1, 0.15) is 42.1 Å². The van der Waals surface area contributed by atoms with Crippen LogP contribution in [0.3, 0.4) is 0 Å². The predicted molar refractivity (Wildman–Crippen MR) is 107 cm³/mol. The molecule has 0 radical (unpaired) electrons. The molecule has 2 atom stereocenters. The Bertz CT molecular complexity index is 865. The lowest BCUT2D eigenvalue weighted by molar-refractivity contribution is 0.0946. The Morgan fingerprint density at radius 2 is 1.71 bits per heavy atom. The van der Waals surface area contributed by atoms with Crippen molar-refractivity contribution in [3.05, 3.63) is 53.6 Å². The third kappa shape index (κ3) is 3.54. The van der Waals surface area contributed by atoms with Gasteiger partial charge in [-0.05, 0) is 31.9 Å². The van der Waals surface area contributed by atoms with Crippen molar-refractivity contribution < 1.29 is 23.8 Å². The van der Waals surface area contributed by atoms with E-state index in [0.29, 0.717) is 29.2 Å². The predicted octanol–water partition coefficient (Wildman–Crippen LogP) is 4.43. The van der Waals surface area contributed by atoms with Gasteiger partial charge in [0, 0.05) is 17.7 Å². The summed E-state index contributed by atoms with van der Waals surface area (Å²) < 4.78 is 16.1. The number of Topliss-reactive ketones (excluding diaryl/α,β-unsaturated/α-hetero) is 1. The molecule has 6 nitrogen and oxygen atoms in total. The molecule has 0 aromatic heterocycles. The summed E-state index contributed by atoms with van der Waals surface area (Å²) in [4.78, 5) is 27.5. The third-order valence-electron chi connectivity index (χ3n) is 5.02. The molecule has 0 bridgehead atoms. The van der Waals surface area contributed by atoms with E-state index < -0.39 is 12.0 Å². The van der Waals surface area contributed by atoms with Gasteiger partial charge < -0.3 is 14.2 Å². The van der Waals surface area contributed by atoms with E-state index in [0.717, 1.165) is 5.56 Å². The highest BCUT2D eigenvalue weighted by atomic mass is 16.6. The van der Waals surface area contributed by atoms with Crippen molar-refractivity contribution in [2.24, 2.45) is 0 Å². The molecule has 6 heteroatoms. The summed E-state index contributed by atoms with van der Waals surface area (Å²) in [6, 6.07) is 12.5. The Labute approximate surface area is 165 Å².